The van der Waals surface area contributed by atoms with E-state index >= 15 is 0 Å². The number of halogens is 3. The predicted molar refractivity (Wildman–Crippen MR) is 453 cm³/mol. The van der Waals surface area contributed by atoms with Crippen molar-refractivity contribution in [1.82, 2.24) is 0 Å². The SMILES string of the molecule is COc1ccc(C2=NC(c3ccc(OC)cc3)N(c3ccccc3)C2C)cc1.COc1ccc(C2=NC(c3ccccc3)N(c3ccc(C)cc3)C2C)cc1.COc1ccc(C2=NC(c3ccccc3)N(c3ccc(Cl)cc3)C2C)cc1.Cc1ccc(N2C(C)C(c3ccc(Cl)cc3)=NC2c2ccc(Cl)cc2)cc1. The van der Waals surface area contributed by atoms with Gasteiger partial charge in [-0.2, -0.15) is 0 Å². The van der Waals surface area contributed by atoms with Gasteiger partial charge < -0.3 is 38.5 Å². The lowest BCUT2D eigenvalue weighted by atomic mass is 10.0. The van der Waals surface area contributed by atoms with Gasteiger partial charge in [-0.25, -0.2) is 0 Å². The average Bonchev–Trinajstić information content (AvgIpc) is 1.65. The van der Waals surface area contributed by atoms with E-state index in [1.54, 1.807) is 28.4 Å². The lowest BCUT2D eigenvalue weighted by molar-refractivity contribution is 0.414. The fourth-order valence-corrected chi connectivity index (χ4v) is 14.8. The van der Waals surface area contributed by atoms with E-state index in [0.29, 0.717) is 0 Å². The molecule has 0 aromatic heterocycles. The van der Waals surface area contributed by atoms with Crippen LogP contribution >= 0.6 is 34.8 Å². The number of ether oxygens (including phenoxy) is 4. The zero-order valence-corrected chi connectivity index (χ0v) is 65.2. The highest BCUT2D eigenvalue weighted by Gasteiger charge is 2.39. The van der Waals surface area contributed by atoms with E-state index in [4.69, 9.17) is 73.7 Å². The van der Waals surface area contributed by atoms with Crippen LogP contribution < -0.4 is 38.5 Å². The van der Waals surface area contributed by atoms with Crippen LogP contribution in [0.4, 0.5) is 22.7 Å². The van der Waals surface area contributed by atoms with Gasteiger partial charge in [0.15, 0.2) is 0 Å². The summed E-state index contributed by atoms with van der Waals surface area (Å²) in [5.41, 5.74) is 20.5. The summed E-state index contributed by atoms with van der Waals surface area (Å²) in [6.45, 7) is 13.0. The number of para-hydroxylation sites is 1. The van der Waals surface area contributed by atoms with Crippen molar-refractivity contribution in [3.63, 3.8) is 0 Å². The standard InChI is InChI=1S/C24H24N2O2.C24H24N2O.C23H20Cl2N2.C23H21ClN2O/c1-17-23(18-9-13-21(27-2)14-10-18)25-24(19-11-15-22(28-3)16-12-19)26(17)20-7-5-4-6-8-20;1-17-9-13-21(14-10-17)26-18(2)23(19-11-15-22(27-3)16-12-19)25-24(26)20-7-5-4-6-8-20;1-15-3-13-21(14-4-15)27-16(2)22(17-5-9-19(24)10-6-17)26-23(27)18-7-11-20(25)12-8-18;1-16-22(17-8-14-21(27-2)15-9-17)25-23(18-6-4-3-5-7-18)26(16)20-12-10-19(24)11-13-20/h4-17,24H,1-3H3;4-16,18,24H,1-3H3;3-14,16,23H,1-2H3;3-16,23H,1-2H3. The fourth-order valence-electron chi connectivity index (χ4n) is 14.5. The van der Waals surface area contributed by atoms with Gasteiger partial charge in [-0.1, -0.05) is 185 Å². The molecule has 8 unspecified atom stereocenters. The molecular formula is C94H89Cl3N8O4. The Balaban J connectivity index is 0.000000128. The molecule has 4 aliphatic rings. The van der Waals surface area contributed by atoms with Gasteiger partial charge in [0, 0.05) is 37.8 Å². The van der Waals surface area contributed by atoms with Gasteiger partial charge in [0.25, 0.3) is 0 Å². The molecule has 8 atom stereocenters. The van der Waals surface area contributed by atoms with Crippen molar-refractivity contribution < 1.29 is 18.9 Å². The molecule has 12 aromatic carbocycles. The molecule has 12 nitrogen and oxygen atoms in total. The van der Waals surface area contributed by atoms with Gasteiger partial charge in [-0.3, -0.25) is 20.0 Å². The van der Waals surface area contributed by atoms with E-state index in [0.717, 1.165) is 111 Å². The quantitative estimate of drug-likeness (QED) is 0.0943. The maximum absolute atomic E-state index is 6.10. The Morgan fingerprint density at radius 1 is 0.239 bits per heavy atom. The van der Waals surface area contributed by atoms with E-state index in [2.05, 4.69) is 255 Å². The van der Waals surface area contributed by atoms with Crippen LogP contribution in [-0.2, 0) is 0 Å². The highest BCUT2D eigenvalue weighted by Crippen LogP contribution is 2.43. The Kier molecular flexibility index (Phi) is 24.4. The van der Waals surface area contributed by atoms with Crippen molar-refractivity contribution in [2.45, 2.75) is 90.4 Å². The number of anilines is 4. The summed E-state index contributed by atoms with van der Waals surface area (Å²) in [5.74, 6) is 3.40. The molecule has 0 bridgehead atoms. The molecule has 109 heavy (non-hydrogen) atoms. The topological polar surface area (TPSA) is 99.3 Å². The maximum Gasteiger partial charge on any atom is 0.148 e. The number of nitrogens with zero attached hydrogens (tertiary/aromatic N) is 8. The minimum absolute atomic E-state index is 0.0268. The van der Waals surface area contributed by atoms with Gasteiger partial charge in [0.05, 0.1) is 75.5 Å². The maximum atomic E-state index is 6.10. The Morgan fingerprint density at radius 2 is 0.440 bits per heavy atom. The first kappa shape index (κ1) is 75.8. The molecule has 16 rings (SSSR count). The number of aliphatic imine (C=N–C) groups is 4. The molecule has 4 heterocycles. The molecule has 0 fully saturated rings. The van der Waals surface area contributed by atoms with E-state index < -0.39 is 0 Å². The Bertz CT molecular complexity index is 4920. The normalized spacial score (nSPS) is 19.0. The van der Waals surface area contributed by atoms with Crippen molar-refractivity contribution in [1.29, 1.82) is 0 Å². The molecule has 15 heteroatoms. The van der Waals surface area contributed by atoms with E-state index in [-0.39, 0.29) is 48.8 Å². The van der Waals surface area contributed by atoms with Crippen LogP contribution in [0.3, 0.4) is 0 Å². The molecule has 0 radical (unpaired) electrons. The Labute approximate surface area is 656 Å². The zero-order chi connectivity index (χ0) is 76.1. The fraction of sp³-hybridized carbons (Fsp3) is 0.191. The Morgan fingerprint density at radius 3 is 0.716 bits per heavy atom. The molecule has 0 N–H and O–H groups in total. The molecule has 0 saturated carbocycles. The van der Waals surface area contributed by atoms with E-state index in [1.807, 2.05) is 115 Å². The first-order valence-corrected chi connectivity index (χ1v) is 37.8. The largest absolute Gasteiger partial charge is 0.497 e. The van der Waals surface area contributed by atoms with E-state index in [9.17, 15) is 0 Å². The molecule has 4 aliphatic heterocycles. The van der Waals surface area contributed by atoms with Crippen LogP contribution in [0.15, 0.2) is 329 Å². The molecule has 12 aromatic rings. The lowest BCUT2D eigenvalue weighted by Crippen LogP contribution is -2.35. The third-order valence-corrected chi connectivity index (χ3v) is 21.0. The summed E-state index contributed by atoms with van der Waals surface area (Å²) in [4.78, 5) is 30.0. The van der Waals surface area contributed by atoms with Crippen LogP contribution in [0.2, 0.25) is 15.1 Å². The first-order chi connectivity index (χ1) is 53.1. The number of hydrogen-bond donors (Lipinski definition) is 0. The van der Waals surface area contributed by atoms with Crippen molar-refractivity contribution in [3.05, 3.63) is 380 Å². The number of rotatable bonds is 16. The monoisotopic (exact) mass is 1500 g/mol. The second kappa shape index (κ2) is 35.1. The molecular weight excluding hydrogens is 1410 g/mol. The van der Waals surface area contributed by atoms with Crippen molar-refractivity contribution in [2.24, 2.45) is 20.0 Å². The predicted octanol–water partition coefficient (Wildman–Crippen LogP) is 22.9. The number of benzene rings is 12. The second-order valence-corrected chi connectivity index (χ2v) is 28.5. The molecule has 550 valence electrons. The molecule has 0 aliphatic carbocycles. The molecule has 0 amide bonds. The highest BCUT2D eigenvalue weighted by atomic mass is 35.5. The van der Waals surface area contributed by atoms with Gasteiger partial charge in [-0.15, -0.1) is 0 Å². The third-order valence-electron chi connectivity index (χ3n) is 20.3. The number of hydrogen-bond acceptors (Lipinski definition) is 12. The first-order valence-electron chi connectivity index (χ1n) is 36.6. The van der Waals surface area contributed by atoms with E-state index in [1.165, 1.54) is 27.9 Å². The summed E-state index contributed by atoms with van der Waals surface area (Å²) < 4.78 is 21.2. The summed E-state index contributed by atoms with van der Waals surface area (Å²) in [6.07, 6.45) is -0.272. The minimum atomic E-state index is -0.0920. The average molecular weight is 1500 g/mol. The van der Waals surface area contributed by atoms with Gasteiger partial charge in [0.2, 0.25) is 0 Å². The van der Waals surface area contributed by atoms with Crippen LogP contribution in [0.25, 0.3) is 0 Å². The summed E-state index contributed by atoms with van der Waals surface area (Å²) in [7, 11) is 6.73. The van der Waals surface area contributed by atoms with Gasteiger partial charge >= 0.3 is 0 Å². The molecule has 0 saturated heterocycles. The number of aryl methyl sites for hydroxylation is 2. The van der Waals surface area contributed by atoms with Crippen LogP contribution in [0, 0.1) is 13.8 Å². The lowest BCUT2D eigenvalue weighted by Gasteiger charge is -2.30. The van der Waals surface area contributed by atoms with Gasteiger partial charge in [0.1, 0.15) is 47.7 Å². The van der Waals surface area contributed by atoms with Crippen molar-refractivity contribution >= 4 is 80.4 Å². The number of methoxy groups -OCH3 is 4. The second-order valence-electron chi connectivity index (χ2n) is 27.2. The van der Waals surface area contributed by atoms with Gasteiger partial charge in [-0.05, 0) is 256 Å². The summed E-state index contributed by atoms with van der Waals surface area (Å²) >= 11 is 18.3. The van der Waals surface area contributed by atoms with Crippen LogP contribution in [0.5, 0.6) is 23.0 Å². The zero-order valence-electron chi connectivity index (χ0n) is 62.9. The third kappa shape index (κ3) is 17.4. The molecule has 0 spiro atoms. The Hall–Kier alpha value is -11.4. The summed E-state index contributed by atoms with van der Waals surface area (Å²) in [6, 6.07) is 106. The van der Waals surface area contributed by atoms with Crippen LogP contribution in [0.1, 0.15) is 108 Å². The minimum Gasteiger partial charge on any atom is -0.497 e. The highest BCUT2D eigenvalue weighted by molar-refractivity contribution is 6.31. The van der Waals surface area contributed by atoms with Crippen LogP contribution in [-0.4, -0.2) is 75.5 Å². The smallest absolute Gasteiger partial charge is 0.148 e. The summed E-state index contributed by atoms with van der Waals surface area (Å²) in [5, 5.41) is 2.20. The van der Waals surface area contributed by atoms with Crippen molar-refractivity contribution in [2.75, 3.05) is 48.0 Å². The van der Waals surface area contributed by atoms with Crippen molar-refractivity contribution in [3.8, 4) is 23.0 Å².